The summed E-state index contributed by atoms with van der Waals surface area (Å²) in [6.07, 6.45) is 0. The van der Waals surface area contributed by atoms with E-state index in [1.54, 1.807) is 0 Å². The fraction of sp³-hybridized carbons (Fsp3) is 0.118. The third-order valence-corrected chi connectivity index (χ3v) is 4.98. The van der Waals surface area contributed by atoms with Crippen molar-refractivity contribution in [2.75, 3.05) is 6.54 Å². The van der Waals surface area contributed by atoms with Crippen LogP contribution in [0.3, 0.4) is 0 Å². The van der Waals surface area contributed by atoms with Crippen molar-refractivity contribution in [3.8, 4) is 22.8 Å². The van der Waals surface area contributed by atoms with Crippen LogP contribution in [0, 0.1) is 6.92 Å². The highest BCUT2D eigenvalue weighted by Crippen LogP contribution is 2.23. The lowest BCUT2D eigenvalue weighted by Gasteiger charge is -2.04. The molecule has 0 atom stereocenters. The summed E-state index contributed by atoms with van der Waals surface area (Å²) in [4.78, 5) is 14.8. The summed E-state index contributed by atoms with van der Waals surface area (Å²) in [6.45, 7) is 1.29. The number of hydrogen-bond acceptors (Lipinski definition) is 6. The number of aliphatic carboxylic acids is 1. The maximum absolute atomic E-state index is 12.0. The number of carboxylic acid groups (broad SMARTS) is 1. The van der Waals surface area contributed by atoms with Crippen LogP contribution < -0.4 is 4.72 Å². The van der Waals surface area contributed by atoms with Crippen molar-refractivity contribution in [1.29, 1.82) is 0 Å². The molecule has 1 heterocycles. The number of rotatable bonds is 6. The Bertz CT molecular complexity index is 1030. The van der Waals surface area contributed by atoms with Crippen LogP contribution in [0.4, 0.5) is 0 Å². The molecule has 0 fully saturated rings. The Balaban J connectivity index is 1.81. The molecule has 0 spiro atoms. The van der Waals surface area contributed by atoms with Crippen molar-refractivity contribution in [1.82, 2.24) is 14.9 Å². The lowest BCUT2D eigenvalue weighted by Crippen LogP contribution is -2.29. The van der Waals surface area contributed by atoms with Gasteiger partial charge in [-0.2, -0.15) is 9.71 Å². The molecule has 0 saturated heterocycles. The van der Waals surface area contributed by atoms with Gasteiger partial charge in [-0.1, -0.05) is 35.0 Å². The average molecular weight is 373 g/mol. The van der Waals surface area contributed by atoms with Crippen LogP contribution in [-0.2, 0) is 14.8 Å². The molecule has 3 rings (SSSR count). The molecule has 0 unspecified atom stereocenters. The zero-order valence-electron chi connectivity index (χ0n) is 13.7. The molecule has 0 aliphatic heterocycles. The SMILES string of the molecule is Cc1ccc(-c2noc(-c3ccc(S(=O)(=O)NCC(=O)O)cc3)n2)cc1. The zero-order valence-corrected chi connectivity index (χ0v) is 14.5. The molecule has 134 valence electrons. The van der Waals surface area contributed by atoms with E-state index in [2.05, 4.69) is 10.1 Å². The zero-order chi connectivity index (χ0) is 18.7. The Morgan fingerprint density at radius 2 is 1.69 bits per heavy atom. The highest BCUT2D eigenvalue weighted by Gasteiger charge is 2.16. The quantitative estimate of drug-likeness (QED) is 0.678. The van der Waals surface area contributed by atoms with Gasteiger partial charge in [-0.05, 0) is 31.2 Å². The Morgan fingerprint density at radius 3 is 2.31 bits per heavy atom. The summed E-state index contributed by atoms with van der Waals surface area (Å²) >= 11 is 0. The Hall–Kier alpha value is -3.04. The van der Waals surface area contributed by atoms with Crippen LogP contribution in [0.5, 0.6) is 0 Å². The van der Waals surface area contributed by atoms with E-state index in [1.165, 1.54) is 24.3 Å². The van der Waals surface area contributed by atoms with Crippen molar-refractivity contribution in [3.63, 3.8) is 0 Å². The van der Waals surface area contributed by atoms with E-state index in [-0.39, 0.29) is 10.8 Å². The molecule has 3 aromatic rings. The summed E-state index contributed by atoms with van der Waals surface area (Å²) in [6, 6.07) is 13.4. The Kier molecular flexibility index (Phi) is 4.83. The molecule has 1 aromatic heterocycles. The maximum Gasteiger partial charge on any atom is 0.318 e. The summed E-state index contributed by atoms with van der Waals surface area (Å²) in [5.74, 6) is -0.581. The normalized spacial score (nSPS) is 11.4. The molecule has 8 nitrogen and oxygen atoms in total. The monoisotopic (exact) mass is 373 g/mol. The van der Waals surface area contributed by atoms with E-state index >= 15 is 0 Å². The minimum Gasteiger partial charge on any atom is -0.480 e. The number of aryl methyl sites for hydroxylation is 1. The molecule has 0 radical (unpaired) electrons. The minimum atomic E-state index is -3.89. The van der Waals surface area contributed by atoms with Crippen LogP contribution in [0.2, 0.25) is 0 Å². The Morgan fingerprint density at radius 1 is 1.08 bits per heavy atom. The molecule has 0 aliphatic carbocycles. The first-order valence-corrected chi connectivity index (χ1v) is 9.06. The molecule has 0 saturated carbocycles. The standard InChI is InChI=1S/C17H15N3O5S/c1-11-2-4-12(5-3-11)16-19-17(25-20-16)13-6-8-14(9-7-13)26(23,24)18-10-15(21)22/h2-9,18H,10H2,1H3,(H,21,22). The third kappa shape index (κ3) is 3.95. The second-order valence-corrected chi connectivity index (χ2v) is 7.30. The lowest BCUT2D eigenvalue weighted by atomic mass is 10.1. The molecule has 2 aromatic carbocycles. The van der Waals surface area contributed by atoms with E-state index < -0.39 is 22.5 Å². The predicted octanol–water partition coefficient (Wildman–Crippen LogP) is 2.07. The molecular formula is C17H15N3O5S. The van der Waals surface area contributed by atoms with Crippen LogP contribution in [0.15, 0.2) is 57.9 Å². The number of nitrogens with one attached hydrogen (secondary N) is 1. The van der Waals surface area contributed by atoms with Crippen molar-refractivity contribution < 1.29 is 22.8 Å². The fourth-order valence-electron chi connectivity index (χ4n) is 2.18. The molecule has 0 amide bonds. The number of benzene rings is 2. The summed E-state index contributed by atoms with van der Waals surface area (Å²) in [5, 5.41) is 12.5. The van der Waals surface area contributed by atoms with Crippen LogP contribution in [0.1, 0.15) is 5.56 Å². The molecule has 2 N–H and O–H groups in total. The van der Waals surface area contributed by atoms with Gasteiger partial charge in [-0.3, -0.25) is 4.79 Å². The van der Waals surface area contributed by atoms with Crippen molar-refractivity contribution in [3.05, 3.63) is 54.1 Å². The minimum absolute atomic E-state index is 0.0548. The number of aromatic nitrogens is 2. The first-order chi connectivity index (χ1) is 12.3. The van der Waals surface area contributed by atoms with Gasteiger partial charge in [0.1, 0.15) is 6.54 Å². The molecule has 9 heteroatoms. The van der Waals surface area contributed by atoms with Gasteiger partial charge < -0.3 is 9.63 Å². The van der Waals surface area contributed by atoms with Crippen LogP contribution >= 0.6 is 0 Å². The lowest BCUT2D eigenvalue weighted by molar-refractivity contribution is -0.135. The van der Waals surface area contributed by atoms with Crippen molar-refractivity contribution in [2.45, 2.75) is 11.8 Å². The van der Waals surface area contributed by atoms with E-state index in [1.807, 2.05) is 35.9 Å². The van der Waals surface area contributed by atoms with Gasteiger partial charge in [0.25, 0.3) is 5.89 Å². The van der Waals surface area contributed by atoms with Crippen LogP contribution in [0.25, 0.3) is 22.8 Å². The van der Waals surface area contributed by atoms with E-state index in [9.17, 15) is 13.2 Å². The molecule has 0 bridgehead atoms. The smallest absolute Gasteiger partial charge is 0.318 e. The highest BCUT2D eigenvalue weighted by molar-refractivity contribution is 7.89. The van der Waals surface area contributed by atoms with Gasteiger partial charge in [0.05, 0.1) is 4.90 Å². The van der Waals surface area contributed by atoms with E-state index in [0.717, 1.165) is 11.1 Å². The molecule has 0 aliphatic rings. The molecule has 26 heavy (non-hydrogen) atoms. The number of sulfonamides is 1. The van der Waals surface area contributed by atoms with E-state index in [4.69, 9.17) is 9.63 Å². The second kappa shape index (κ2) is 7.06. The van der Waals surface area contributed by atoms with Crippen LogP contribution in [-0.4, -0.2) is 36.2 Å². The highest BCUT2D eigenvalue weighted by atomic mass is 32.2. The summed E-state index contributed by atoms with van der Waals surface area (Å²) < 4.78 is 31.2. The molecular weight excluding hydrogens is 358 g/mol. The third-order valence-electron chi connectivity index (χ3n) is 3.56. The van der Waals surface area contributed by atoms with Gasteiger partial charge in [0.2, 0.25) is 15.8 Å². The van der Waals surface area contributed by atoms with Gasteiger partial charge in [-0.25, -0.2) is 8.42 Å². The topological polar surface area (TPSA) is 122 Å². The maximum atomic E-state index is 12.0. The first-order valence-electron chi connectivity index (χ1n) is 7.58. The van der Waals surface area contributed by atoms with Gasteiger partial charge in [-0.15, -0.1) is 0 Å². The summed E-state index contributed by atoms with van der Waals surface area (Å²) in [5.41, 5.74) is 2.47. The first kappa shape index (κ1) is 17.8. The average Bonchev–Trinajstić information content (AvgIpc) is 3.11. The van der Waals surface area contributed by atoms with Crippen molar-refractivity contribution in [2.24, 2.45) is 0 Å². The fourth-order valence-corrected chi connectivity index (χ4v) is 3.15. The van der Waals surface area contributed by atoms with Crippen molar-refractivity contribution >= 4 is 16.0 Å². The largest absolute Gasteiger partial charge is 0.480 e. The van der Waals surface area contributed by atoms with E-state index in [0.29, 0.717) is 11.4 Å². The van der Waals surface area contributed by atoms with Gasteiger partial charge in [0.15, 0.2) is 0 Å². The Labute approximate surface area is 149 Å². The number of nitrogens with zero attached hydrogens (tertiary/aromatic N) is 2. The van der Waals surface area contributed by atoms with Gasteiger partial charge in [0, 0.05) is 11.1 Å². The predicted molar refractivity (Wildman–Crippen MR) is 92.7 cm³/mol. The number of carboxylic acids is 1. The summed E-state index contributed by atoms with van der Waals surface area (Å²) in [7, 11) is -3.89. The number of hydrogen-bond donors (Lipinski definition) is 2. The number of carbonyl (C=O) groups is 1. The van der Waals surface area contributed by atoms with Gasteiger partial charge >= 0.3 is 5.97 Å². The second-order valence-electron chi connectivity index (χ2n) is 5.53.